The number of hydrogen-bond donors (Lipinski definition) is 0. The third kappa shape index (κ3) is 4.33. The van der Waals surface area contributed by atoms with Crippen LogP contribution in [-0.2, 0) is 33.3 Å². The summed E-state index contributed by atoms with van der Waals surface area (Å²) in [6.07, 6.45) is -0.835. The number of esters is 3. The predicted octanol–water partition coefficient (Wildman–Crippen LogP) is 0.0609. The molecule has 104 valence electrons. The topological polar surface area (TPSA) is 88.1 Å². The Morgan fingerprint density at radius 1 is 0.889 bits per heavy atom. The second-order valence-corrected chi connectivity index (χ2v) is 3.42. The Labute approximate surface area is 105 Å². The third-order valence-electron chi connectivity index (χ3n) is 2.29. The monoisotopic (exact) mass is 262 g/mol. The van der Waals surface area contributed by atoms with E-state index >= 15 is 0 Å². The first kappa shape index (κ1) is 16.4. The fourth-order valence-corrected chi connectivity index (χ4v) is 1.44. The molecule has 0 radical (unpaired) electrons. The molecule has 18 heavy (non-hydrogen) atoms. The molecule has 0 N–H and O–H groups in total. The molecule has 0 atom stereocenters. The SMILES string of the molecule is CCOC(CC(=O)OC)(CC(=O)OC)C(=O)OC. The smallest absolute Gasteiger partial charge is 0.339 e. The highest BCUT2D eigenvalue weighted by Gasteiger charge is 2.45. The van der Waals surface area contributed by atoms with Gasteiger partial charge in [0, 0.05) is 6.61 Å². The molecule has 0 aromatic heterocycles. The lowest BCUT2D eigenvalue weighted by Gasteiger charge is -2.28. The van der Waals surface area contributed by atoms with Crippen molar-refractivity contribution in [1.82, 2.24) is 0 Å². The standard InChI is InChI=1S/C11H18O7/c1-5-18-11(10(14)17-4,6-8(12)15-2)7-9(13)16-3/h5-7H2,1-4H3. The zero-order chi connectivity index (χ0) is 14.2. The Morgan fingerprint density at radius 3 is 1.61 bits per heavy atom. The summed E-state index contributed by atoms with van der Waals surface area (Å²) in [5.41, 5.74) is -1.70. The average molecular weight is 262 g/mol. The van der Waals surface area contributed by atoms with E-state index in [4.69, 9.17) is 4.74 Å². The predicted molar refractivity (Wildman–Crippen MR) is 59.6 cm³/mol. The van der Waals surface area contributed by atoms with Crippen LogP contribution >= 0.6 is 0 Å². The minimum Gasteiger partial charge on any atom is -0.469 e. The van der Waals surface area contributed by atoms with Crippen LogP contribution < -0.4 is 0 Å². The number of rotatable bonds is 7. The lowest BCUT2D eigenvalue weighted by Crippen LogP contribution is -2.46. The zero-order valence-electron chi connectivity index (χ0n) is 11.0. The zero-order valence-corrected chi connectivity index (χ0v) is 11.0. The van der Waals surface area contributed by atoms with Crippen LogP contribution in [0.5, 0.6) is 0 Å². The van der Waals surface area contributed by atoms with Crippen molar-refractivity contribution in [3.63, 3.8) is 0 Å². The van der Waals surface area contributed by atoms with Gasteiger partial charge in [-0.25, -0.2) is 4.79 Å². The van der Waals surface area contributed by atoms with Crippen molar-refractivity contribution < 1.29 is 33.3 Å². The molecular formula is C11H18O7. The molecule has 0 aliphatic heterocycles. The molecular weight excluding hydrogens is 244 g/mol. The van der Waals surface area contributed by atoms with E-state index < -0.39 is 36.4 Å². The molecule has 0 heterocycles. The van der Waals surface area contributed by atoms with Crippen molar-refractivity contribution in [2.24, 2.45) is 0 Å². The van der Waals surface area contributed by atoms with E-state index in [-0.39, 0.29) is 6.61 Å². The van der Waals surface area contributed by atoms with Crippen molar-refractivity contribution in [2.75, 3.05) is 27.9 Å². The average Bonchev–Trinajstić information content (AvgIpc) is 2.37. The third-order valence-corrected chi connectivity index (χ3v) is 2.29. The van der Waals surface area contributed by atoms with Crippen LogP contribution in [-0.4, -0.2) is 51.4 Å². The summed E-state index contributed by atoms with van der Waals surface area (Å²) < 4.78 is 18.8. The Bertz CT molecular complexity index is 293. The van der Waals surface area contributed by atoms with Gasteiger partial charge in [0.25, 0.3) is 0 Å². The fraction of sp³-hybridized carbons (Fsp3) is 0.727. The second-order valence-electron chi connectivity index (χ2n) is 3.42. The van der Waals surface area contributed by atoms with Crippen LogP contribution in [0.15, 0.2) is 0 Å². The van der Waals surface area contributed by atoms with Gasteiger partial charge in [-0.15, -0.1) is 0 Å². The van der Waals surface area contributed by atoms with E-state index in [9.17, 15) is 14.4 Å². The van der Waals surface area contributed by atoms with Gasteiger partial charge in [0.1, 0.15) is 0 Å². The maximum absolute atomic E-state index is 11.8. The molecule has 0 fully saturated rings. The fourth-order valence-electron chi connectivity index (χ4n) is 1.44. The van der Waals surface area contributed by atoms with Gasteiger partial charge in [0.05, 0.1) is 34.2 Å². The molecule has 0 unspecified atom stereocenters. The van der Waals surface area contributed by atoms with E-state index in [2.05, 4.69) is 14.2 Å². The van der Waals surface area contributed by atoms with E-state index in [0.29, 0.717) is 0 Å². The number of carbonyl (C=O) groups is 3. The van der Waals surface area contributed by atoms with Crippen LogP contribution in [0.25, 0.3) is 0 Å². The van der Waals surface area contributed by atoms with Crippen LogP contribution in [0.1, 0.15) is 19.8 Å². The number of hydrogen-bond acceptors (Lipinski definition) is 7. The van der Waals surface area contributed by atoms with Crippen LogP contribution in [0.3, 0.4) is 0 Å². The first-order valence-corrected chi connectivity index (χ1v) is 5.31. The van der Waals surface area contributed by atoms with E-state index in [1.807, 2.05) is 0 Å². The minimum atomic E-state index is -1.70. The second kappa shape index (κ2) is 7.65. The Morgan fingerprint density at radius 2 is 1.33 bits per heavy atom. The molecule has 0 amide bonds. The summed E-state index contributed by atoms with van der Waals surface area (Å²) in [6, 6.07) is 0. The molecule has 0 aromatic carbocycles. The molecule has 7 nitrogen and oxygen atoms in total. The molecule has 0 spiro atoms. The summed E-state index contributed by atoms with van der Waals surface area (Å²) in [5, 5.41) is 0. The Hall–Kier alpha value is -1.63. The number of methoxy groups -OCH3 is 3. The van der Waals surface area contributed by atoms with Crippen LogP contribution in [0.4, 0.5) is 0 Å². The molecule has 0 rings (SSSR count). The summed E-state index contributed by atoms with van der Waals surface area (Å²) >= 11 is 0. The van der Waals surface area contributed by atoms with Gasteiger partial charge in [-0.1, -0.05) is 0 Å². The maximum Gasteiger partial charge on any atom is 0.339 e. The lowest BCUT2D eigenvalue weighted by atomic mass is 9.95. The largest absolute Gasteiger partial charge is 0.469 e. The summed E-state index contributed by atoms with van der Waals surface area (Å²) in [5.74, 6) is -2.18. The highest BCUT2D eigenvalue weighted by molar-refractivity contribution is 5.90. The Kier molecular flexibility index (Phi) is 6.96. The van der Waals surface area contributed by atoms with Gasteiger partial charge >= 0.3 is 17.9 Å². The van der Waals surface area contributed by atoms with Crippen molar-refractivity contribution in [2.45, 2.75) is 25.4 Å². The molecule has 0 saturated heterocycles. The first-order valence-electron chi connectivity index (χ1n) is 5.31. The number of carbonyl (C=O) groups excluding carboxylic acids is 3. The highest BCUT2D eigenvalue weighted by atomic mass is 16.6. The van der Waals surface area contributed by atoms with Crippen molar-refractivity contribution in [1.29, 1.82) is 0 Å². The molecule has 0 aliphatic rings. The van der Waals surface area contributed by atoms with E-state index in [1.165, 1.54) is 14.2 Å². The quantitative estimate of drug-likeness (QED) is 0.473. The van der Waals surface area contributed by atoms with Gasteiger partial charge in [0.15, 0.2) is 5.60 Å². The molecule has 0 saturated carbocycles. The summed E-state index contributed by atoms with van der Waals surface area (Å²) in [6.45, 7) is 1.76. The molecule has 0 aromatic rings. The molecule has 0 aliphatic carbocycles. The van der Waals surface area contributed by atoms with E-state index in [1.54, 1.807) is 6.92 Å². The lowest BCUT2D eigenvalue weighted by molar-refractivity contribution is -0.181. The van der Waals surface area contributed by atoms with E-state index in [0.717, 1.165) is 7.11 Å². The van der Waals surface area contributed by atoms with Gasteiger partial charge in [-0.05, 0) is 6.92 Å². The van der Waals surface area contributed by atoms with Gasteiger partial charge in [-0.2, -0.15) is 0 Å². The highest BCUT2D eigenvalue weighted by Crippen LogP contribution is 2.24. The van der Waals surface area contributed by atoms with Gasteiger partial charge in [-0.3, -0.25) is 9.59 Å². The molecule has 7 heteroatoms. The van der Waals surface area contributed by atoms with Gasteiger partial charge < -0.3 is 18.9 Å². The minimum absolute atomic E-state index is 0.128. The van der Waals surface area contributed by atoms with Crippen molar-refractivity contribution >= 4 is 17.9 Å². The normalized spacial score (nSPS) is 10.7. The summed E-state index contributed by atoms with van der Waals surface area (Å²) in [7, 11) is 3.49. The van der Waals surface area contributed by atoms with Gasteiger partial charge in [0.2, 0.25) is 0 Å². The molecule has 0 bridgehead atoms. The van der Waals surface area contributed by atoms with Crippen molar-refractivity contribution in [3.05, 3.63) is 0 Å². The van der Waals surface area contributed by atoms with Crippen LogP contribution in [0, 0.1) is 0 Å². The summed E-state index contributed by atoms with van der Waals surface area (Å²) in [4.78, 5) is 34.4. The Balaban J connectivity index is 5.19. The van der Waals surface area contributed by atoms with Crippen LogP contribution in [0.2, 0.25) is 0 Å². The van der Waals surface area contributed by atoms with Crippen molar-refractivity contribution in [3.8, 4) is 0 Å². The first-order chi connectivity index (χ1) is 8.45. The maximum atomic E-state index is 11.8. The number of ether oxygens (including phenoxy) is 4.